The maximum absolute atomic E-state index is 2.68. The van der Waals surface area contributed by atoms with Crippen molar-refractivity contribution in [1.82, 2.24) is 0 Å². The number of hydrogen-bond donors (Lipinski definition) is 0. The van der Waals surface area contributed by atoms with E-state index in [0.717, 1.165) is 0 Å². The maximum Gasteiger partial charge on any atom is 0.264 e. The molecule has 2 nitrogen and oxygen atoms in total. The SMILES string of the molecule is Cc1ccc(-c2ccccc2)c(N2c3cc(-c4ccccc4)ccc3B3c4sc5c(c4N(c4ccc(C(C)(C)C)cc4)c4cc(C)cc2c43)C(C)(C)CCC5(C)C)c1. The molecular formula is C54H53BN2S. The average Bonchev–Trinajstić information content (AvgIpc) is 3.63. The highest BCUT2D eigenvalue weighted by atomic mass is 32.1. The summed E-state index contributed by atoms with van der Waals surface area (Å²) >= 11 is 2.10. The van der Waals surface area contributed by atoms with Crippen LogP contribution in [0.3, 0.4) is 0 Å². The molecule has 0 saturated heterocycles. The number of nitrogens with zero attached hydrogens (tertiary/aromatic N) is 2. The van der Waals surface area contributed by atoms with Gasteiger partial charge >= 0.3 is 0 Å². The molecule has 10 rings (SSSR count). The second-order valence-electron chi connectivity index (χ2n) is 19.4. The van der Waals surface area contributed by atoms with Crippen molar-refractivity contribution in [2.24, 2.45) is 0 Å². The van der Waals surface area contributed by atoms with Gasteiger partial charge in [-0.2, -0.15) is 11.3 Å². The molecule has 3 heterocycles. The van der Waals surface area contributed by atoms with Crippen molar-refractivity contribution in [3.05, 3.63) is 161 Å². The zero-order chi connectivity index (χ0) is 40.3. The summed E-state index contributed by atoms with van der Waals surface area (Å²) in [7, 11) is 0. The Morgan fingerprint density at radius 1 is 0.569 bits per heavy atom. The normalized spacial score (nSPS) is 16.1. The molecule has 0 atom stereocenters. The van der Waals surface area contributed by atoms with Crippen LogP contribution in [-0.4, -0.2) is 6.71 Å². The fourth-order valence-corrected chi connectivity index (χ4v) is 11.8. The van der Waals surface area contributed by atoms with Crippen LogP contribution in [0.25, 0.3) is 22.3 Å². The van der Waals surface area contributed by atoms with Gasteiger partial charge in [0.2, 0.25) is 0 Å². The Labute approximate surface area is 350 Å². The first kappa shape index (κ1) is 37.0. The largest absolute Gasteiger partial charge is 0.311 e. The predicted molar refractivity (Wildman–Crippen MR) is 253 cm³/mol. The highest BCUT2D eigenvalue weighted by Crippen LogP contribution is 2.56. The van der Waals surface area contributed by atoms with E-state index in [1.165, 1.54) is 102 Å². The summed E-state index contributed by atoms with van der Waals surface area (Å²) in [6.07, 6.45) is 2.36. The molecule has 6 aromatic carbocycles. The monoisotopic (exact) mass is 772 g/mol. The van der Waals surface area contributed by atoms with E-state index in [9.17, 15) is 0 Å². The quantitative estimate of drug-likeness (QED) is 0.164. The van der Waals surface area contributed by atoms with E-state index < -0.39 is 0 Å². The van der Waals surface area contributed by atoms with Crippen LogP contribution in [0.15, 0.2) is 133 Å². The Balaban J connectivity index is 1.33. The second kappa shape index (κ2) is 13.1. The number of fused-ring (bicyclic) bond motifs is 6. The minimum absolute atomic E-state index is 0.0372. The first-order valence-electron chi connectivity index (χ1n) is 21.1. The van der Waals surface area contributed by atoms with Crippen LogP contribution >= 0.6 is 11.3 Å². The van der Waals surface area contributed by atoms with Gasteiger partial charge in [0.1, 0.15) is 0 Å². The molecule has 0 fully saturated rings. The van der Waals surface area contributed by atoms with Gasteiger partial charge in [-0.25, -0.2) is 0 Å². The minimum atomic E-state index is 0.0372. The first-order valence-corrected chi connectivity index (χ1v) is 21.9. The van der Waals surface area contributed by atoms with Crippen molar-refractivity contribution in [2.45, 2.75) is 91.4 Å². The predicted octanol–water partition coefficient (Wildman–Crippen LogP) is 13.4. The van der Waals surface area contributed by atoms with Crippen LogP contribution in [0, 0.1) is 13.8 Å². The molecule has 0 spiro atoms. The molecule has 0 unspecified atom stereocenters. The lowest BCUT2D eigenvalue weighted by Gasteiger charge is -2.45. The van der Waals surface area contributed by atoms with E-state index in [2.05, 4.69) is 217 Å². The van der Waals surface area contributed by atoms with Crippen LogP contribution in [0.2, 0.25) is 0 Å². The van der Waals surface area contributed by atoms with E-state index >= 15 is 0 Å². The summed E-state index contributed by atoms with van der Waals surface area (Å²) in [4.78, 5) is 6.86. The first-order chi connectivity index (χ1) is 27.7. The van der Waals surface area contributed by atoms with Gasteiger partial charge in [-0.15, -0.1) is 0 Å². The lowest BCUT2D eigenvalue weighted by molar-refractivity contribution is 0.339. The minimum Gasteiger partial charge on any atom is -0.311 e. The zero-order valence-electron chi connectivity index (χ0n) is 35.5. The summed E-state index contributed by atoms with van der Waals surface area (Å²) < 4.78 is 1.48. The zero-order valence-corrected chi connectivity index (χ0v) is 36.3. The molecule has 288 valence electrons. The van der Waals surface area contributed by atoms with Crippen molar-refractivity contribution in [3.63, 3.8) is 0 Å². The Morgan fingerprint density at radius 2 is 1.19 bits per heavy atom. The topological polar surface area (TPSA) is 6.48 Å². The van der Waals surface area contributed by atoms with E-state index in [-0.39, 0.29) is 23.0 Å². The van der Waals surface area contributed by atoms with Crippen LogP contribution in [-0.2, 0) is 16.2 Å². The fraction of sp³-hybridized carbons (Fsp3) is 0.259. The van der Waals surface area contributed by atoms with E-state index in [0.29, 0.717) is 0 Å². The van der Waals surface area contributed by atoms with Crippen LogP contribution < -0.4 is 25.5 Å². The molecule has 0 saturated carbocycles. The number of thiophene rings is 1. The summed E-state index contributed by atoms with van der Waals surface area (Å²) in [5, 5.41) is 0. The van der Waals surface area contributed by atoms with E-state index in [1.54, 1.807) is 10.4 Å². The van der Waals surface area contributed by atoms with Crippen LogP contribution in [0.5, 0.6) is 0 Å². The molecular weight excluding hydrogens is 719 g/mol. The number of rotatable bonds is 4. The summed E-state index contributed by atoms with van der Waals surface area (Å²) in [5.74, 6) is 0. The number of benzene rings is 6. The van der Waals surface area contributed by atoms with E-state index in [4.69, 9.17) is 0 Å². The molecule has 2 aliphatic heterocycles. The van der Waals surface area contributed by atoms with Gasteiger partial charge in [-0.1, -0.05) is 146 Å². The molecule has 3 aliphatic rings. The molecule has 7 aromatic rings. The molecule has 0 amide bonds. The molecule has 0 N–H and O–H groups in total. The lowest BCUT2D eigenvalue weighted by atomic mass is 9.36. The van der Waals surface area contributed by atoms with Gasteiger partial charge in [0, 0.05) is 38.0 Å². The third kappa shape index (κ3) is 5.74. The summed E-state index contributed by atoms with van der Waals surface area (Å²) in [6.45, 7) is 21.5. The van der Waals surface area contributed by atoms with Crippen molar-refractivity contribution >= 4 is 67.9 Å². The van der Waals surface area contributed by atoms with Gasteiger partial charge in [-0.3, -0.25) is 0 Å². The Morgan fingerprint density at radius 3 is 1.86 bits per heavy atom. The van der Waals surface area contributed by atoms with Crippen LogP contribution in [0.1, 0.15) is 88.4 Å². The Kier molecular flexibility index (Phi) is 8.35. The van der Waals surface area contributed by atoms with Crippen molar-refractivity contribution in [3.8, 4) is 22.3 Å². The number of aryl methyl sites for hydroxylation is 2. The Bertz CT molecular complexity index is 2730. The van der Waals surface area contributed by atoms with Gasteiger partial charge in [0.15, 0.2) is 0 Å². The third-order valence-electron chi connectivity index (χ3n) is 13.3. The smallest absolute Gasteiger partial charge is 0.264 e. The number of hydrogen-bond acceptors (Lipinski definition) is 3. The number of anilines is 6. The molecule has 1 aliphatic carbocycles. The molecule has 1 aromatic heterocycles. The highest BCUT2D eigenvalue weighted by Gasteiger charge is 2.50. The van der Waals surface area contributed by atoms with Crippen molar-refractivity contribution in [1.29, 1.82) is 0 Å². The van der Waals surface area contributed by atoms with Gasteiger partial charge in [0.05, 0.1) is 11.4 Å². The van der Waals surface area contributed by atoms with Gasteiger partial charge in [-0.05, 0) is 129 Å². The summed E-state index contributed by atoms with van der Waals surface area (Å²) in [5.41, 5.74) is 21.0. The molecule has 58 heavy (non-hydrogen) atoms. The van der Waals surface area contributed by atoms with Gasteiger partial charge < -0.3 is 9.80 Å². The highest BCUT2D eigenvalue weighted by molar-refractivity contribution is 7.29. The molecule has 0 radical (unpaired) electrons. The summed E-state index contributed by atoms with van der Waals surface area (Å²) in [6, 6.07) is 50.6. The van der Waals surface area contributed by atoms with E-state index in [1.807, 2.05) is 0 Å². The second-order valence-corrected chi connectivity index (χ2v) is 20.5. The Hall–Kier alpha value is -5.32. The fourth-order valence-electron chi connectivity index (χ4n) is 10.0. The maximum atomic E-state index is 2.68. The van der Waals surface area contributed by atoms with Gasteiger partial charge in [0.25, 0.3) is 6.71 Å². The van der Waals surface area contributed by atoms with Crippen molar-refractivity contribution in [2.75, 3.05) is 9.80 Å². The average molecular weight is 773 g/mol. The standard InChI is InChI=1S/C54H53BN2S/c1-34-20-26-41(37-18-14-11-15-19-37)43(30-34)57-44-33-38(36-16-12-10-13-17-36)21-27-42(44)55-48-45(31-35(2)32-46(48)57)56(40-24-22-39(23-25-40)52(3,4)5)49-47-50(58-51(49)55)54(8,9)29-28-53(47,6)7/h10-27,30-33H,28-29H2,1-9H3. The molecule has 4 heteroatoms. The van der Waals surface area contributed by atoms with Crippen molar-refractivity contribution < 1.29 is 0 Å². The third-order valence-corrected chi connectivity index (χ3v) is 14.9. The molecule has 0 bridgehead atoms. The van der Waals surface area contributed by atoms with Crippen LogP contribution in [0.4, 0.5) is 34.1 Å². The lowest BCUT2D eigenvalue weighted by Crippen LogP contribution is -2.60.